The molecule has 1 aromatic carbocycles. The van der Waals surface area contributed by atoms with Crippen molar-refractivity contribution < 1.29 is 29.0 Å². The van der Waals surface area contributed by atoms with Gasteiger partial charge in [0.1, 0.15) is 5.60 Å². The number of methoxy groups -OCH3 is 1. The molecule has 2 bridgehead atoms. The predicted molar refractivity (Wildman–Crippen MR) is 131 cm³/mol. The van der Waals surface area contributed by atoms with E-state index in [-0.39, 0.29) is 18.7 Å². The number of aromatic nitrogens is 1. The van der Waals surface area contributed by atoms with E-state index < -0.39 is 35.9 Å². The Labute approximate surface area is 204 Å². The molecule has 0 saturated carbocycles. The van der Waals surface area contributed by atoms with Crippen molar-refractivity contribution in [2.75, 3.05) is 17.7 Å². The van der Waals surface area contributed by atoms with Gasteiger partial charge in [-0.15, -0.1) is 0 Å². The van der Waals surface area contributed by atoms with E-state index in [9.17, 15) is 19.5 Å². The minimum Gasteiger partial charge on any atom is -0.453 e. The third kappa shape index (κ3) is 7.16. The van der Waals surface area contributed by atoms with Gasteiger partial charge in [-0.1, -0.05) is 13.0 Å². The van der Waals surface area contributed by atoms with Crippen LogP contribution in [0.25, 0.3) is 11.1 Å². The Hall–Kier alpha value is -3.66. The molecule has 3 amide bonds. The Kier molecular flexibility index (Phi) is 7.96. The first-order valence-electron chi connectivity index (χ1n) is 11.4. The number of benzene rings is 1. The Morgan fingerprint density at radius 3 is 2.57 bits per heavy atom. The number of fused-ring (bicyclic) bond motifs is 4. The molecule has 3 atom stereocenters. The number of carbonyl (C=O) groups is 3. The number of nitrogens with zero attached hydrogens (tertiary/aromatic N) is 1. The fourth-order valence-corrected chi connectivity index (χ4v) is 3.80. The molecule has 1 aromatic heterocycles. The fraction of sp³-hybridized carbons (Fsp3) is 0.440. The molecular weight excluding hydrogens is 452 g/mol. The molecule has 0 saturated heterocycles. The van der Waals surface area contributed by atoms with Crippen LogP contribution in [-0.4, -0.2) is 47.0 Å². The van der Waals surface area contributed by atoms with E-state index in [0.717, 1.165) is 5.56 Å². The maximum atomic E-state index is 12.9. The van der Waals surface area contributed by atoms with E-state index in [4.69, 9.17) is 4.74 Å². The lowest BCUT2D eigenvalue weighted by Crippen LogP contribution is -2.37. The van der Waals surface area contributed by atoms with Crippen LogP contribution >= 0.6 is 0 Å². The van der Waals surface area contributed by atoms with E-state index in [0.29, 0.717) is 22.6 Å². The number of ether oxygens (including phenoxy) is 2. The number of hydrogen-bond acceptors (Lipinski definition) is 7. The maximum absolute atomic E-state index is 12.9. The van der Waals surface area contributed by atoms with Crippen molar-refractivity contribution in [3.63, 3.8) is 0 Å². The highest BCUT2D eigenvalue weighted by molar-refractivity contribution is 5.98. The number of aliphatic hydroxyl groups is 1. The zero-order chi connectivity index (χ0) is 25.8. The average molecular weight is 485 g/mol. The molecule has 10 heteroatoms. The number of pyridine rings is 1. The highest BCUT2D eigenvalue weighted by atomic mass is 16.6. The van der Waals surface area contributed by atoms with Crippen molar-refractivity contribution in [1.29, 1.82) is 0 Å². The van der Waals surface area contributed by atoms with Crippen LogP contribution in [0, 0.1) is 5.92 Å². The fourth-order valence-electron chi connectivity index (χ4n) is 3.80. The summed E-state index contributed by atoms with van der Waals surface area (Å²) >= 11 is 0. The maximum Gasteiger partial charge on any atom is 0.411 e. The number of rotatable bonds is 2. The number of carbonyl (C=O) groups excluding carboxylic acids is 3. The van der Waals surface area contributed by atoms with Crippen LogP contribution in [0.3, 0.4) is 0 Å². The molecule has 2 heterocycles. The van der Waals surface area contributed by atoms with Crippen LogP contribution < -0.4 is 16.0 Å². The lowest BCUT2D eigenvalue weighted by atomic mass is 9.94. The summed E-state index contributed by atoms with van der Waals surface area (Å²) in [5.74, 6) is -0.810. The third-order valence-electron chi connectivity index (χ3n) is 5.43. The summed E-state index contributed by atoms with van der Waals surface area (Å²) < 4.78 is 10.1. The summed E-state index contributed by atoms with van der Waals surface area (Å²) in [4.78, 5) is 41.5. The second kappa shape index (κ2) is 10.7. The topological polar surface area (TPSA) is 139 Å². The Morgan fingerprint density at radius 2 is 1.89 bits per heavy atom. The smallest absolute Gasteiger partial charge is 0.411 e. The van der Waals surface area contributed by atoms with Gasteiger partial charge >= 0.3 is 12.2 Å². The first kappa shape index (κ1) is 26.0. The van der Waals surface area contributed by atoms with E-state index >= 15 is 0 Å². The highest BCUT2D eigenvalue weighted by Gasteiger charge is 2.27. The normalized spacial score (nSPS) is 20.3. The van der Waals surface area contributed by atoms with Crippen molar-refractivity contribution in [1.82, 2.24) is 10.3 Å². The lowest BCUT2D eigenvalue weighted by Gasteiger charge is -2.26. The first-order valence-corrected chi connectivity index (χ1v) is 11.4. The van der Waals surface area contributed by atoms with Gasteiger partial charge in [0.15, 0.2) is 0 Å². The molecule has 1 aliphatic rings. The molecule has 0 radical (unpaired) electrons. The van der Waals surface area contributed by atoms with E-state index in [2.05, 4.69) is 25.7 Å². The van der Waals surface area contributed by atoms with Crippen LogP contribution in [0.1, 0.15) is 52.3 Å². The van der Waals surface area contributed by atoms with Gasteiger partial charge in [-0.25, -0.2) is 9.59 Å². The molecule has 3 rings (SSSR count). The second-order valence-corrected chi connectivity index (χ2v) is 9.56. The molecule has 1 unspecified atom stereocenters. The van der Waals surface area contributed by atoms with Crippen LogP contribution in [-0.2, 0) is 14.3 Å². The number of hydrogen-bond donors (Lipinski definition) is 4. The van der Waals surface area contributed by atoms with Crippen LogP contribution in [0.15, 0.2) is 36.5 Å². The van der Waals surface area contributed by atoms with E-state index in [1.165, 1.54) is 7.11 Å². The third-order valence-corrected chi connectivity index (χ3v) is 5.43. The zero-order valence-electron chi connectivity index (χ0n) is 20.5. The molecule has 10 nitrogen and oxygen atoms in total. The van der Waals surface area contributed by atoms with Gasteiger partial charge in [0.25, 0.3) is 0 Å². The minimum atomic E-state index is -0.882. The van der Waals surface area contributed by atoms with Gasteiger partial charge < -0.3 is 25.2 Å². The second-order valence-electron chi connectivity index (χ2n) is 9.56. The molecule has 2 aromatic rings. The Bertz CT molecular complexity index is 1100. The van der Waals surface area contributed by atoms with Gasteiger partial charge in [-0.3, -0.25) is 15.1 Å². The number of amides is 3. The molecule has 0 spiro atoms. The van der Waals surface area contributed by atoms with E-state index in [1.54, 1.807) is 64.2 Å². The van der Waals surface area contributed by atoms with Crippen molar-refractivity contribution >= 4 is 29.5 Å². The average Bonchev–Trinajstić information content (AvgIpc) is 2.77. The summed E-state index contributed by atoms with van der Waals surface area (Å²) in [7, 11) is 1.26. The van der Waals surface area contributed by atoms with Crippen molar-refractivity contribution in [2.24, 2.45) is 5.92 Å². The van der Waals surface area contributed by atoms with Gasteiger partial charge in [-0.2, -0.15) is 0 Å². The van der Waals surface area contributed by atoms with Crippen LogP contribution in [0.2, 0.25) is 0 Å². The highest BCUT2D eigenvalue weighted by Crippen LogP contribution is 2.34. The summed E-state index contributed by atoms with van der Waals surface area (Å²) in [5, 5.41) is 19.0. The summed E-state index contributed by atoms with van der Waals surface area (Å²) in [6, 6.07) is 8.02. The van der Waals surface area contributed by atoms with Gasteiger partial charge in [0.05, 0.1) is 30.6 Å². The Morgan fingerprint density at radius 1 is 1.14 bits per heavy atom. The predicted octanol–water partition coefficient (Wildman–Crippen LogP) is 4.22. The molecule has 0 aliphatic carbocycles. The van der Waals surface area contributed by atoms with Gasteiger partial charge in [-0.05, 0) is 63.4 Å². The molecule has 1 aliphatic heterocycles. The summed E-state index contributed by atoms with van der Waals surface area (Å²) in [6.07, 6.45) is -0.217. The lowest BCUT2D eigenvalue weighted by molar-refractivity contribution is -0.120. The SMILES string of the molecule is COC(=O)Nc1ccc2c(c1)NC(=O)[C@H](C)CC(O)C[C@H](NC(=O)OC(C)(C)C)c1cc-2ccn1. The van der Waals surface area contributed by atoms with Crippen molar-refractivity contribution in [2.45, 2.75) is 58.3 Å². The van der Waals surface area contributed by atoms with E-state index in [1.807, 2.05) is 0 Å². The summed E-state index contributed by atoms with van der Waals surface area (Å²) in [5.41, 5.74) is 2.18. The van der Waals surface area contributed by atoms with Crippen molar-refractivity contribution in [3.8, 4) is 11.1 Å². The standard InChI is InChI=1S/C25H32N4O6/c1-14-10-17(30)13-21(29-24(33)35-25(2,3)4)20-11-15(8-9-26-20)18-7-6-16(27-23(32)34-5)12-19(18)28-22(14)31/h6-9,11-12,14,17,21,30H,10,13H2,1-5H3,(H,27,32)(H,28,31)(H,29,33)/t14-,17?,21+/m1/s1. The number of nitrogens with one attached hydrogen (secondary N) is 3. The first-order chi connectivity index (χ1) is 16.4. The van der Waals surface area contributed by atoms with Gasteiger partial charge in [0, 0.05) is 23.4 Å². The van der Waals surface area contributed by atoms with Crippen molar-refractivity contribution in [3.05, 3.63) is 42.2 Å². The molecule has 35 heavy (non-hydrogen) atoms. The van der Waals surface area contributed by atoms with Crippen LogP contribution in [0.4, 0.5) is 21.0 Å². The number of anilines is 2. The monoisotopic (exact) mass is 484 g/mol. The quantitative estimate of drug-likeness (QED) is 0.500. The summed E-state index contributed by atoms with van der Waals surface area (Å²) in [6.45, 7) is 7.01. The number of alkyl carbamates (subject to hydrolysis) is 1. The Balaban J connectivity index is 2.05. The zero-order valence-corrected chi connectivity index (χ0v) is 20.5. The van der Waals surface area contributed by atoms with Gasteiger partial charge in [0.2, 0.25) is 5.91 Å². The molecule has 188 valence electrons. The largest absolute Gasteiger partial charge is 0.453 e. The minimum absolute atomic E-state index is 0.155. The molecule has 4 N–H and O–H groups in total. The number of aliphatic hydroxyl groups excluding tert-OH is 1. The van der Waals surface area contributed by atoms with Crippen LogP contribution in [0.5, 0.6) is 0 Å². The molecule has 0 fully saturated rings. The molecular formula is C25H32N4O6.